The van der Waals surface area contributed by atoms with Gasteiger partial charge in [-0.2, -0.15) is 0 Å². The molecule has 1 aromatic heterocycles. The smallest absolute Gasteiger partial charge is 0.129 e. The molecule has 0 fully saturated rings. The Morgan fingerprint density at radius 1 is 1.26 bits per heavy atom. The van der Waals surface area contributed by atoms with Crippen molar-refractivity contribution in [2.75, 3.05) is 14.2 Å². The van der Waals surface area contributed by atoms with E-state index in [1.54, 1.807) is 18.4 Å². The summed E-state index contributed by atoms with van der Waals surface area (Å²) in [6, 6.07) is 9.12. The Morgan fingerprint density at radius 2 is 2.05 bits per heavy atom. The number of ether oxygens (including phenoxy) is 1. The molecule has 1 atom stereocenters. The summed E-state index contributed by atoms with van der Waals surface area (Å²) in [5, 5.41) is 5.46. The lowest BCUT2D eigenvalue weighted by atomic mass is 9.98. The molecule has 1 N–H and O–H groups in total. The van der Waals surface area contributed by atoms with Crippen LogP contribution in [0, 0.1) is 13.8 Å². The first-order valence-corrected chi connectivity index (χ1v) is 7.38. The maximum absolute atomic E-state index is 5.27. The van der Waals surface area contributed by atoms with Gasteiger partial charge in [0.05, 0.1) is 7.11 Å². The third-order valence-corrected chi connectivity index (χ3v) is 4.48. The van der Waals surface area contributed by atoms with Gasteiger partial charge in [0.2, 0.25) is 0 Å². The van der Waals surface area contributed by atoms with E-state index in [4.69, 9.17) is 4.74 Å². The van der Waals surface area contributed by atoms with Crippen molar-refractivity contribution < 1.29 is 4.74 Å². The van der Waals surface area contributed by atoms with Gasteiger partial charge in [0, 0.05) is 16.3 Å². The predicted molar refractivity (Wildman–Crippen MR) is 82.3 cm³/mol. The molecule has 0 aliphatic heterocycles. The van der Waals surface area contributed by atoms with Gasteiger partial charge in [0.25, 0.3) is 0 Å². The second kappa shape index (κ2) is 6.22. The van der Waals surface area contributed by atoms with Crippen LogP contribution in [0.4, 0.5) is 0 Å². The molecule has 0 radical (unpaired) electrons. The Bertz CT molecular complexity index is 547. The van der Waals surface area contributed by atoms with Gasteiger partial charge in [-0.3, -0.25) is 0 Å². The largest absolute Gasteiger partial charge is 0.496 e. The van der Waals surface area contributed by atoms with Crippen molar-refractivity contribution in [3.8, 4) is 5.75 Å². The van der Waals surface area contributed by atoms with Crippen LogP contribution in [0.25, 0.3) is 0 Å². The lowest BCUT2D eigenvalue weighted by Gasteiger charge is -2.16. The highest BCUT2D eigenvalue weighted by Crippen LogP contribution is 2.29. The van der Waals surface area contributed by atoms with E-state index in [1.165, 1.54) is 21.6 Å². The van der Waals surface area contributed by atoms with Crippen molar-refractivity contribution in [1.29, 1.82) is 0 Å². The van der Waals surface area contributed by atoms with Crippen LogP contribution in [0.5, 0.6) is 5.75 Å². The first kappa shape index (κ1) is 14.1. The molecule has 2 nitrogen and oxygen atoms in total. The Labute approximate surface area is 119 Å². The van der Waals surface area contributed by atoms with Gasteiger partial charge in [-0.1, -0.05) is 23.8 Å². The third kappa shape index (κ3) is 3.37. The molecule has 102 valence electrons. The molecule has 0 spiro atoms. The van der Waals surface area contributed by atoms with Crippen LogP contribution in [0.15, 0.2) is 29.6 Å². The lowest BCUT2D eigenvalue weighted by Crippen LogP contribution is -2.18. The zero-order valence-corrected chi connectivity index (χ0v) is 12.8. The summed E-state index contributed by atoms with van der Waals surface area (Å²) in [5.74, 6) is 0.946. The van der Waals surface area contributed by atoms with Gasteiger partial charge >= 0.3 is 0 Å². The van der Waals surface area contributed by atoms with E-state index in [2.05, 4.69) is 48.8 Å². The fourth-order valence-electron chi connectivity index (χ4n) is 2.21. The van der Waals surface area contributed by atoms with E-state index in [9.17, 15) is 0 Å². The first-order chi connectivity index (χ1) is 9.13. The van der Waals surface area contributed by atoms with Crippen molar-refractivity contribution in [3.63, 3.8) is 0 Å². The van der Waals surface area contributed by atoms with E-state index >= 15 is 0 Å². The Morgan fingerprint density at radius 3 is 2.68 bits per heavy atom. The highest BCUT2D eigenvalue weighted by Gasteiger charge is 2.14. The third-order valence-electron chi connectivity index (χ3n) is 3.45. The number of rotatable bonds is 5. The van der Waals surface area contributed by atoms with Crippen molar-refractivity contribution in [2.45, 2.75) is 26.3 Å². The number of nitrogens with one attached hydrogen (secondary N) is 1. The van der Waals surface area contributed by atoms with Crippen LogP contribution in [0.3, 0.4) is 0 Å². The molecule has 0 saturated carbocycles. The summed E-state index contributed by atoms with van der Waals surface area (Å²) in [6.45, 7) is 4.32. The maximum atomic E-state index is 5.27. The van der Waals surface area contributed by atoms with Crippen LogP contribution in [-0.2, 0) is 6.42 Å². The molecule has 0 aliphatic carbocycles. The molecule has 0 amide bonds. The van der Waals surface area contributed by atoms with Crippen molar-refractivity contribution in [3.05, 3.63) is 51.2 Å². The number of hydrogen-bond donors (Lipinski definition) is 1. The van der Waals surface area contributed by atoms with E-state index in [1.807, 2.05) is 7.05 Å². The van der Waals surface area contributed by atoms with E-state index in [0.29, 0.717) is 6.04 Å². The molecule has 0 aliphatic rings. The van der Waals surface area contributed by atoms with Crippen LogP contribution >= 0.6 is 11.3 Å². The topological polar surface area (TPSA) is 21.3 Å². The fourth-order valence-corrected chi connectivity index (χ4v) is 3.18. The van der Waals surface area contributed by atoms with Gasteiger partial charge in [-0.15, -0.1) is 11.3 Å². The Hall–Kier alpha value is -1.32. The molecule has 19 heavy (non-hydrogen) atoms. The van der Waals surface area contributed by atoms with Crippen LogP contribution in [0.1, 0.15) is 27.6 Å². The summed E-state index contributed by atoms with van der Waals surface area (Å²) in [4.78, 5) is 1.32. The summed E-state index contributed by atoms with van der Waals surface area (Å²) in [7, 11) is 3.73. The number of aryl methyl sites for hydroxylation is 2. The molecule has 2 rings (SSSR count). The summed E-state index contributed by atoms with van der Waals surface area (Å²) < 4.78 is 5.27. The number of methoxy groups -OCH3 is 1. The van der Waals surface area contributed by atoms with Gasteiger partial charge < -0.3 is 10.1 Å². The second-order valence-corrected chi connectivity index (χ2v) is 5.81. The second-order valence-electron chi connectivity index (χ2n) is 4.86. The van der Waals surface area contributed by atoms with E-state index in [-0.39, 0.29) is 0 Å². The normalized spacial score (nSPS) is 12.4. The van der Waals surface area contributed by atoms with Gasteiger partial charge in [0.15, 0.2) is 0 Å². The minimum absolute atomic E-state index is 0.342. The molecule has 1 unspecified atom stereocenters. The van der Waals surface area contributed by atoms with Crippen LogP contribution < -0.4 is 10.1 Å². The minimum atomic E-state index is 0.342. The molecular formula is C16H21NOS. The average molecular weight is 275 g/mol. The summed E-state index contributed by atoms with van der Waals surface area (Å²) >= 11 is 1.75. The van der Waals surface area contributed by atoms with Gasteiger partial charge in [-0.05, 0) is 44.5 Å². The maximum Gasteiger partial charge on any atom is 0.129 e. The number of hydrogen-bond acceptors (Lipinski definition) is 3. The highest BCUT2D eigenvalue weighted by atomic mass is 32.1. The molecule has 3 heteroatoms. The van der Waals surface area contributed by atoms with Crippen molar-refractivity contribution in [2.24, 2.45) is 0 Å². The van der Waals surface area contributed by atoms with Crippen LogP contribution in [-0.4, -0.2) is 14.2 Å². The van der Waals surface area contributed by atoms with Crippen molar-refractivity contribution in [1.82, 2.24) is 5.32 Å². The van der Waals surface area contributed by atoms with Gasteiger partial charge in [-0.25, -0.2) is 0 Å². The summed E-state index contributed by atoms with van der Waals surface area (Å²) in [6.07, 6.45) is 1.01. The predicted octanol–water partition coefficient (Wildman–Crippen LogP) is 3.88. The fraction of sp³-hybridized carbons (Fsp3) is 0.375. The van der Waals surface area contributed by atoms with Crippen LogP contribution in [0.2, 0.25) is 0 Å². The molecule has 2 aromatic rings. The molecule has 0 bridgehead atoms. The number of thiophene rings is 1. The zero-order valence-electron chi connectivity index (χ0n) is 12.0. The summed E-state index contributed by atoms with van der Waals surface area (Å²) in [5.41, 5.74) is 4.08. The Balaban J connectivity index is 2.21. The first-order valence-electron chi connectivity index (χ1n) is 6.50. The average Bonchev–Trinajstić information content (AvgIpc) is 2.88. The number of benzene rings is 1. The zero-order chi connectivity index (χ0) is 13.8. The monoisotopic (exact) mass is 275 g/mol. The van der Waals surface area contributed by atoms with Crippen molar-refractivity contribution >= 4 is 11.3 Å². The van der Waals surface area contributed by atoms with Gasteiger partial charge in [0.1, 0.15) is 5.75 Å². The highest BCUT2D eigenvalue weighted by molar-refractivity contribution is 7.10. The minimum Gasteiger partial charge on any atom is -0.496 e. The molecule has 1 aromatic carbocycles. The SMILES string of the molecule is CNC(Cc1cc(C)ccc1C)c1cc(OC)cs1. The van der Waals surface area contributed by atoms with E-state index in [0.717, 1.165) is 12.2 Å². The quantitative estimate of drug-likeness (QED) is 0.894. The molecule has 1 heterocycles. The Kier molecular flexibility index (Phi) is 4.61. The van der Waals surface area contributed by atoms with E-state index < -0.39 is 0 Å². The molecular weight excluding hydrogens is 254 g/mol. The standard InChI is InChI=1S/C16H21NOS/c1-11-5-6-12(2)13(7-11)8-15(17-3)16-9-14(18-4)10-19-16/h5-7,9-10,15,17H,8H2,1-4H3. The number of likely N-dealkylation sites (N-methyl/N-ethyl adjacent to an activating group) is 1. The molecule has 0 saturated heterocycles. The lowest BCUT2D eigenvalue weighted by molar-refractivity contribution is 0.416.